The molecule has 2 aromatic carbocycles. The zero-order chi connectivity index (χ0) is 22.8. The summed E-state index contributed by atoms with van der Waals surface area (Å²) in [5, 5.41) is 0.592. The first-order valence-electron chi connectivity index (χ1n) is 11.8. The number of fused-ring (bicyclic) bond motifs is 1. The average Bonchev–Trinajstić information content (AvgIpc) is 2.74. The molecule has 4 rings (SSSR count). The maximum atomic E-state index is 13.7. The van der Waals surface area contributed by atoms with Crippen molar-refractivity contribution in [2.24, 2.45) is 5.92 Å². The Morgan fingerprint density at radius 2 is 1.94 bits per heavy atom. The topological polar surface area (TPSA) is 55.2 Å². The minimum atomic E-state index is -0.299. The lowest BCUT2D eigenvalue weighted by atomic mass is 9.84. The van der Waals surface area contributed by atoms with Gasteiger partial charge in [0.05, 0.1) is 22.6 Å². The van der Waals surface area contributed by atoms with E-state index in [2.05, 4.69) is 13.0 Å². The van der Waals surface area contributed by atoms with Crippen molar-refractivity contribution in [3.63, 3.8) is 0 Å². The van der Waals surface area contributed by atoms with E-state index in [0.29, 0.717) is 23.3 Å². The van der Waals surface area contributed by atoms with Gasteiger partial charge in [-0.2, -0.15) is 0 Å². The van der Waals surface area contributed by atoms with E-state index in [4.69, 9.17) is 4.98 Å². The Morgan fingerprint density at radius 3 is 2.62 bits per heavy atom. The van der Waals surface area contributed by atoms with Crippen LogP contribution in [0.3, 0.4) is 0 Å². The number of carbonyl (C=O) groups excluding carboxylic acids is 1. The molecule has 1 aliphatic carbocycles. The van der Waals surface area contributed by atoms with Gasteiger partial charge in [0.25, 0.3) is 5.56 Å². The molecule has 1 heterocycles. The SMILES string of the molecule is CCCCN(C(=O)C1CCC1)C(C)c1nc2ccccc2c(=O)n1-c1cc(C)ccc1C. The van der Waals surface area contributed by atoms with Gasteiger partial charge in [-0.15, -0.1) is 0 Å². The summed E-state index contributed by atoms with van der Waals surface area (Å²) in [7, 11) is 0. The maximum Gasteiger partial charge on any atom is 0.266 e. The fourth-order valence-corrected chi connectivity index (χ4v) is 4.48. The van der Waals surface area contributed by atoms with Crippen LogP contribution in [0.5, 0.6) is 0 Å². The van der Waals surface area contributed by atoms with Gasteiger partial charge in [0.1, 0.15) is 5.82 Å². The highest BCUT2D eigenvalue weighted by atomic mass is 16.2. The van der Waals surface area contributed by atoms with Gasteiger partial charge in [-0.3, -0.25) is 14.2 Å². The molecule has 1 saturated carbocycles. The van der Waals surface area contributed by atoms with Gasteiger partial charge in [0.2, 0.25) is 5.91 Å². The molecular weight excluding hydrogens is 398 g/mol. The smallest absolute Gasteiger partial charge is 0.266 e. The number of nitrogens with zero attached hydrogens (tertiary/aromatic N) is 3. The van der Waals surface area contributed by atoms with Crippen LogP contribution in [-0.2, 0) is 4.79 Å². The number of amides is 1. The number of carbonyl (C=O) groups is 1. The molecule has 0 aliphatic heterocycles. The lowest BCUT2D eigenvalue weighted by Gasteiger charge is -2.36. The van der Waals surface area contributed by atoms with Gasteiger partial charge in [0.15, 0.2) is 0 Å². The molecule has 5 heteroatoms. The van der Waals surface area contributed by atoms with Gasteiger partial charge in [-0.1, -0.05) is 44.0 Å². The van der Waals surface area contributed by atoms with Gasteiger partial charge in [-0.05, 0) is 69.4 Å². The van der Waals surface area contributed by atoms with Crippen molar-refractivity contribution >= 4 is 16.8 Å². The predicted octanol–water partition coefficient (Wildman–Crippen LogP) is 5.49. The Labute approximate surface area is 190 Å². The van der Waals surface area contributed by atoms with E-state index in [1.54, 1.807) is 4.57 Å². The van der Waals surface area contributed by atoms with Crippen LogP contribution in [-0.4, -0.2) is 26.9 Å². The Balaban J connectivity index is 1.92. The normalized spacial score (nSPS) is 14.9. The van der Waals surface area contributed by atoms with Crippen molar-refractivity contribution in [3.8, 4) is 5.69 Å². The largest absolute Gasteiger partial charge is 0.333 e. The summed E-state index contributed by atoms with van der Waals surface area (Å²) in [6, 6.07) is 13.3. The molecule has 1 aromatic heterocycles. The highest BCUT2D eigenvalue weighted by Crippen LogP contribution is 2.32. The van der Waals surface area contributed by atoms with E-state index in [9.17, 15) is 9.59 Å². The number of rotatable bonds is 7. The number of hydrogen-bond donors (Lipinski definition) is 0. The van der Waals surface area contributed by atoms with Crippen molar-refractivity contribution in [2.45, 2.75) is 65.8 Å². The predicted molar refractivity (Wildman–Crippen MR) is 129 cm³/mol. The number of para-hydroxylation sites is 1. The monoisotopic (exact) mass is 431 g/mol. The summed E-state index contributed by atoms with van der Waals surface area (Å²) in [5.41, 5.74) is 3.51. The van der Waals surface area contributed by atoms with Crippen molar-refractivity contribution < 1.29 is 4.79 Å². The van der Waals surface area contributed by atoms with E-state index < -0.39 is 0 Å². The molecule has 168 valence electrons. The summed E-state index contributed by atoms with van der Waals surface area (Å²) in [4.78, 5) is 34.0. The van der Waals surface area contributed by atoms with Crippen LogP contribution in [0, 0.1) is 19.8 Å². The van der Waals surface area contributed by atoms with E-state index in [1.165, 1.54) is 0 Å². The molecule has 3 aromatic rings. The lowest BCUT2D eigenvalue weighted by Crippen LogP contribution is -2.43. The summed E-state index contributed by atoms with van der Waals surface area (Å²) >= 11 is 0. The third-order valence-corrected chi connectivity index (χ3v) is 6.74. The fraction of sp³-hybridized carbons (Fsp3) is 0.444. The van der Waals surface area contributed by atoms with Gasteiger partial charge in [0, 0.05) is 12.5 Å². The van der Waals surface area contributed by atoms with E-state index >= 15 is 0 Å². The van der Waals surface area contributed by atoms with E-state index in [1.807, 2.05) is 62.1 Å². The third kappa shape index (κ3) is 4.08. The maximum absolute atomic E-state index is 13.7. The Bertz CT molecular complexity index is 1190. The van der Waals surface area contributed by atoms with Crippen LogP contribution < -0.4 is 5.56 Å². The molecule has 0 bridgehead atoms. The van der Waals surface area contributed by atoms with Crippen LogP contribution in [0.2, 0.25) is 0 Å². The van der Waals surface area contributed by atoms with Gasteiger partial charge < -0.3 is 4.90 Å². The molecular formula is C27H33N3O2. The van der Waals surface area contributed by atoms with Crippen LogP contribution in [0.25, 0.3) is 16.6 Å². The van der Waals surface area contributed by atoms with E-state index in [-0.39, 0.29) is 23.4 Å². The average molecular weight is 432 g/mol. The fourth-order valence-electron chi connectivity index (χ4n) is 4.48. The quantitative estimate of drug-likeness (QED) is 0.497. The minimum absolute atomic E-state index is 0.0855. The van der Waals surface area contributed by atoms with Crippen molar-refractivity contribution in [2.75, 3.05) is 6.54 Å². The zero-order valence-electron chi connectivity index (χ0n) is 19.6. The summed E-state index contributed by atoms with van der Waals surface area (Å²) in [6.07, 6.45) is 4.99. The Morgan fingerprint density at radius 1 is 1.19 bits per heavy atom. The molecule has 1 amide bonds. The molecule has 5 nitrogen and oxygen atoms in total. The first-order valence-corrected chi connectivity index (χ1v) is 11.8. The second-order valence-corrected chi connectivity index (χ2v) is 9.11. The highest BCUT2D eigenvalue weighted by Gasteiger charge is 2.34. The van der Waals surface area contributed by atoms with Gasteiger partial charge >= 0.3 is 0 Å². The second kappa shape index (κ2) is 9.27. The first kappa shape index (κ1) is 22.3. The number of hydrogen-bond acceptors (Lipinski definition) is 3. The van der Waals surface area contributed by atoms with Crippen molar-refractivity contribution in [1.82, 2.24) is 14.5 Å². The molecule has 0 N–H and O–H groups in total. The van der Waals surface area contributed by atoms with Crippen LogP contribution >= 0.6 is 0 Å². The number of unbranched alkanes of at least 4 members (excludes halogenated alkanes) is 1. The molecule has 0 spiro atoms. The molecule has 1 aliphatic rings. The molecule has 32 heavy (non-hydrogen) atoms. The highest BCUT2D eigenvalue weighted by molar-refractivity contribution is 5.81. The zero-order valence-corrected chi connectivity index (χ0v) is 19.6. The summed E-state index contributed by atoms with van der Waals surface area (Å²) in [6.45, 7) is 8.88. The minimum Gasteiger partial charge on any atom is -0.333 e. The van der Waals surface area contributed by atoms with Crippen LogP contribution in [0.15, 0.2) is 47.3 Å². The first-order chi connectivity index (χ1) is 15.4. The number of aryl methyl sites for hydroxylation is 2. The molecule has 1 atom stereocenters. The van der Waals surface area contributed by atoms with Crippen LogP contribution in [0.4, 0.5) is 0 Å². The summed E-state index contributed by atoms with van der Waals surface area (Å²) in [5.74, 6) is 0.939. The molecule has 1 fully saturated rings. The molecule has 0 radical (unpaired) electrons. The Kier molecular flexibility index (Phi) is 6.45. The lowest BCUT2D eigenvalue weighted by molar-refractivity contribution is -0.140. The van der Waals surface area contributed by atoms with Gasteiger partial charge in [-0.25, -0.2) is 4.98 Å². The van der Waals surface area contributed by atoms with Crippen molar-refractivity contribution in [3.05, 3.63) is 69.8 Å². The number of benzene rings is 2. The number of aromatic nitrogens is 2. The Hall–Kier alpha value is -2.95. The standard InChI is InChI=1S/C27H33N3O2/c1-5-6-16-29(26(31)21-10-9-11-21)20(4)25-28-23-13-8-7-12-22(23)27(32)30(25)24-17-18(2)14-15-19(24)3/h7-8,12-15,17,20-21H,5-6,9-11,16H2,1-4H3. The summed E-state index contributed by atoms with van der Waals surface area (Å²) < 4.78 is 1.74. The second-order valence-electron chi connectivity index (χ2n) is 9.11. The van der Waals surface area contributed by atoms with Crippen LogP contribution in [0.1, 0.15) is 68.9 Å². The van der Waals surface area contributed by atoms with E-state index in [0.717, 1.165) is 48.9 Å². The van der Waals surface area contributed by atoms with Crippen molar-refractivity contribution in [1.29, 1.82) is 0 Å². The third-order valence-electron chi connectivity index (χ3n) is 6.74. The molecule has 1 unspecified atom stereocenters. The molecule has 0 saturated heterocycles.